The topological polar surface area (TPSA) is 123 Å². The summed E-state index contributed by atoms with van der Waals surface area (Å²) in [5, 5.41) is 12.6. The van der Waals surface area contributed by atoms with Crippen molar-refractivity contribution in [2.75, 3.05) is 23.8 Å². The molecule has 1 aromatic carbocycles. The van der Waals surface area contributed by atoms with Crippen LogP contribution in [-0.2, 0) is 19.7 Å². The van der Waals surface area contributed by atoms with Gasteiger partial charge in [-0.15, -0.1) is 0 Å². The van der Waals surface area contributed by atoms with Gasteiger partial charge in [0.25, 0.3) is 5.91 Å². The van der Waals surface area contributed by atoms with Gasteiger partial charge < -0.3 is 25.2 Å². The van der Waals surface area contributed by atoms with Crippen LogP contribution in [0.5, 0.6) is 0 Å². The van der Waals surface area contributed by atoms with E-state index in [0.29, 0.717) is 43.0 Å². The monoisotopic (exact) mass is 466 g/mol. The highest BCUT2D eigenvalue weighted by atomic mass is 16.5. The number of fused-ring (bicyclic) bond motifs is 2. The van der Waals surface area contributed by atoms with Crippen molar-refractivity contribution in [3.05, 3.63) is 41.3 Å². The molecule has 3 aliphatic rings. The molecule has 1 unspecified atom stereocenters. The standard InChI is InChI=1S/C25H30N4O5/c1-15-18(14-34-29-15)22(30)28-21(16-5-3-2-4-6-16)23(31)26-17-7-8-19-20(13-17)27-24(32)25(19)9-11-33-12-10-25/h7-8,13-14,16,21H,2-6,9-12H2,1H3,(H,26,31)(H,27,32)(H,28,30). The first-order valence-electron chi connectivity index (χ1n) is 12.0. The number of ether oxygens (including phenoxy) is 1. The molecular weight excluding hydrogens is 436 g/mol. The van der Waals surface area contributed by atoms with Crippen LogP contribution in [0.1, 0.15) is 66.6 Å². The average Bonchev–Trinajstić information content (AvgIpc) is 3.39. The molecule has 1 saturated heterocycles. The van der Waals surface area contributed by atoms with Crippen LogP contribution in [0.4, 0.5) is 11.4 Å². The lowest BCUT2D eigenvalue weighted by Crippen LogP contribution is -2.49. The highest BCUT2D eigenvalue weighted by Gasteiger charge is 2.47. The Kier molecular flexibility index (Phi) is 6.12. The van der Waals surface area contributed by atoms with Crippen molar-refractivity contribution in [1.29, 1.82) is 0 Å². The number of benzene rings is 1. The van der Waals surface area contributed by atoms with E-state index in [0.717, 1.165) is 43.4 Å². The zero-order valence-corrected chi connectivity index (χ0v) is 19.3. The highest BCUT2D eigenvalue weighted by molar-refractivity contribution is 6.07. The summed E-state index contributed by atoms with van der Waals surface area (Å²) >= 11 is 0. The van der Waals surface area contributed by atoms with Crippen molar-refractivity contribution in [2.45, 2.75) is 63.3 Å². The summed E-state index contributed by atoms with van der Waals surface area (Å²) in [6.07, 6.45) is 7.57. The van der Waals surface area contributed by atoms with Crippen molar-refractivity contribution in [1.82, 2.24) is 10.5 Å². The van der Waals surface area contributed by atoms with E-state index in [1.54, 1.807) is 13.0 Å². The Balaban J connectivity index is 1.35. The fourth-order valence-corrected chi connectivity index (χ4v) is 5.54. The summed E-state index contributed by atoms with van der Waals surface area (Å²) in [5.74, 6) is -0.588. The molecule has 2 aliphatic heterocycles. The van der Waals surface area contributed by atoms with E-state index >= 15 is 0 Å². The summed E-state index contributed by atoms with van der Waals surface area (Å²) < 4.78 is 10.4. The number of aromatic nitrogens is 1. The maximum atomic E-state index is 13.4. The Hall–Kier alpha value is -3.20. The van der Waals surface area contributed by atoms with Crippen molar-refractivity contribution >= 4 is 29.1 Å². The first kappa shape index (κ1) is 22.6. The molecule has 1 saturated carbocycles. The Morgan fingerprint density at radius 3 is 2.65 bits per heavy atom. The largest absolute Gasteiger partial charge is 0.381 e. The normalized spacial score (nSPS) is 20.4. The third kappa shape index (κ3) is 4.09. The number of rotatable bonds is 5. The maximum Gasteiger partial charge on any atom is 0.257 e. The lowest BCUT2D eigenvalue weighted by Gasteiger charge is -2.31. The number of hydrogen-bond donors (Lipinski definition) is 3. The molecule has 0 radical (unpaired) electrons. The van der Waals surface area contributed by atoms with Gasteiger partial charge in [-0.25, -0.2) is 0 Å². The van der Waals surface area contributed by atoms with E-state index in [9.17, 15) is 14.4 Å². The smallest absolute Gasteiger partial charge is 0.257 e. The summed E-state index contributed by atoms with van der Waals surface area (Å²) in [6.45, 7) is 2.80. The molecule has 5 rings (SSSR count). The number of amides is 3. The third-order valence-electron chi connectivity index (χ3n) is 7.52. The Labute approximate surface area is 198 Å². The number of nitrogens with zero attached hydrogens (tertiary/aromatic N) is 1. The molecule has 1 spiro atoms. The van der Waals surface area contributed by atoms with Crippen LogP contribution in [0.3, 0.4) is 0 Å². The lowest BCUT2D eigenvalue weighted by molar-refractivity contribution is -0.124. The first-order chi connectivity index (χ1) is 16.5. The summed E-state index contributed by atoms with van der Waals surface area (Å²) in [5.41, 5.74) is 2.53. The molecular formula is C25H30N4O5. The molecule has 3 N–H and O–H groups in total. The molecule has 3 heterocycles. The summed E-state index contributed by atoms with van der Waals surface area (Å²) in [6, 6.07) is 4.88. The lowest BCUT2D eigenvalue weighted by atomic mass is 9.75. The first-order valence-corrected chi connectivity index (χ1v) is 12.0. The van der Waals surface area contributed by atoms with Gasteiger partial charge in [0.15, 0.2) is 0 Å². The van der Waals surface area contributed by atoms with Crippen LogP contribution in [0.25, 0.3) is 0 Å². The van der Waals surface area contributed by atoms with E-state index in [1.165, 1.54) is 6.26 Å². The molecule has 34 heavy (non-hydrogen) atoms. The molecule has 1 aromatic heterocycles. The van der Waals surface area contributed by atoms with Gasteiger partial charge in [-0.1, -0.05) is 30.5 Å². The van der Waals surface area contributed by atoms with Crippen LogP contribution in [0.2, 0.25) is 0 Å². The van der Waals surface area contributed by atoms with Gasteiger partial charge in [-0.3, -0.25) is 14.4 Å². The van der Waals surface area contributed by atoms with E-state index < -0.39 is 11.5 Å². The van der Waals surface area contributed by atoms with Crippen molar-refractivity contribution in [3.8, 4) is 0 Å². The zero-order chi connectivity index (χ0) is 23.7. The van der Waals surface area contributed by atoms with Crippen molar-refractivity contribution in [3.63, 3.8) is 0 Å². The van der Waals surface area contributed by atoms with Crippen LogP contribution in [-0.4, -0.2) is 42.1 Å². The molecule has 180 valence electrons. The van der Waals surface area contributed by atoms with E-state index in [1.807, 2.05) is 12.1 Å². The number of nitrogens with one attached hydrogen (secondary N) is 3. The van der Waals surface area contributed by atoms with Gasteiger partial charge in [-0.2, -0.15) is 0 Å². The summed E-state index contributed by atoms with van der Waals surface area (Å²) in [7, 11) is 0. The minimum absolute atomic E-state index is 0.00860. The minimum Gasteiger partial charge on any atom is -0.381 e. The SMILES string of the molecule is Cc1nocc1C(=O)NC(C(=O)Nc1ccc2c(c1)NC(=O)C21CCOCC1)C1CCCCC1. The van der Waals surface area contributed by atoms with Gasteiger partial charge in [0.1, 0.15) is 17.9 Å². The Morgan fingerprint density at radius 2 is 1.94 bits per heavy atom. The second-order valence-corrected chi connectivity index (χ2v) is 9.56. The highest BCUT2D eigenvalue weighted by Crippen LogP contribution is 2.45. The fraction of sp³-hybridized carbons (Fsp3) is 0.520. The van der Waals surface area contributed by atoms with Gasteiger partial charge in [0.05, 0.1) is 11.1 Å². The molecule has 3 amide bonds. The molecule has 9 heteroatoms. The van der Waals surface area contributed by atoms with Crippen LogP contribution in [0, 0.1) is 12.8 Å². The van der Waals surface area contributed by atoms with Crippen molar-refractivity contribution < 1.29 is 23.6 Å². The second kappa shape index (κ2) is 9.21. The molecule has 1 atom stereocenters. The molecule has 1 aliphatic carbocycles. The second-order valence-electron chi connectivity index (χ2n) is 9.56. The fourth-order valence-electron chi connectivity index (χ4n) is 5.54. The van der Waals surface area contributed by atoms with Gasteiger partial charge >= 0.3 is 0 Å². The van der Waals surface area contributed by atoms with Crippen LogP contribution in [0.15, 0.2) is 29.0 Å². The molecule has 9 nitrogen and oxygen atoms in total. The molecule has 2 fully saturated rings. The Morgan fingerprint density at radius 1 is 1.18 bits per heavy atom. The zero-order valence-electron chi connectivity index (χ0n) is 19.3. The minimum atomic E-state index is -0.674. The Bertz CT molecular complexity index is 1100. The van der Waals surface area contributed by atoms with E-state index in [4.69, 9.17) is 9.26 Å². The molecule has 2 aromatic rings. The predicted molar refractivity (Wildman–Crippen MR) is 125 cm³/mol. The quantitative estimate of drug-likeness (QED) is 0.621. The third-order valence-corrected chi connectivity index (χ3v) is 7.52. The van der Waals surface area contributed by atoms with E-state index in [-0.39, 0.29) is 23.6 Å². The number of aryl methyl sites for hydroxylation is 1. The van der Waals surface area contributed by atoms with Gasteiger partial charge in [-0.05, 0) is 56.2 Å². The number of carbonyl (C=O) groups excluding carboxylic acids is 3. The predicted octanol–water partition coefficient (Wildman–Crippen LogP) is 3.30. The number of hydrogen-bond acceptors (Lipinski definition) is 6. The van der Waals surface area contributed by atoms with Crippen LogP contribution >= 0.6 is 0 Å². The maximum absolute atomic E-state index is 13.4. The number of anilines is 2. The van der Waals surface area contributed by atoms with Crippen molar-refractivity contribution in [2.24, 2.45) is 5.92 Å². The number of carbonyl (C=O) groups is 3. The van der Waals surface area contributed by atoms with Crippen LogP contribution < -0.4 is 16.0 Å². The van der Waals surface area contributed by atoms with Gasteiger partial charge in [0.2, 0.25) is 11.8 Å². The molecule has 0 bridgehead atoms. The van der Waals surface area contributed by atoms with E-state index in [2.05, 4.69) is 21.1 Å². The summed E-state index contributed by atoms with van der Waals surface area (Å²) in [4.78, 5) is 39.0. The average molecular weight is 467 g/mol. The van der Waals surface area contributed by atoms with Gasteiger partial charge in [0, 0.05) is 24.6 Å².